The van der Waals surface area contributed by atoms with Crippen molar-refractivity contribution in [3.05, 3.63) is 39.9 Å². The number of benzene rings is 1. The van der Waals surface area contributed by atoms with Crippen LogP contribution in [0.25, 0.3) is 0 Å². The van der Waals surface area contributed by atoms with Crippen molar-refractivity contribution >= 4 is 44.7 Å². The molecule has 0 fully saturated rings. The van der Waals surface area contributed by atoms with Crippen LogP contribution in [-0.2, 0) is 9.84 Å². The largest absolute Gasteiger partial charge is 0.397 e. The second kappa shape index (κ2) is 6.88. The Hall–Kier alpha value is -3.54. The number of aromatic nitrogens is 1. The first-order valence-corrected chi connectivity index (χ1v) is 9.92. The molecule has 0 amide bonds. The fraction of sp³-hybridized carbons (Fsp3) is 0.125. The maximum atomic E-state index is 11.8. The number of hydrogen-bond donors (Lipinski definition) is 4. The topological polar surface area (TPSA) is 183 Å². The second-order valence-electron chi connectivity index (χ2n) is 5.86. The van der Waals surface area contributed by atoms with E-state index in [1.54, 1.807) is 6.19 Å². The van der Waals surface area contributed by atoms with Crippen LogP contribution in [0.3, 0.4) is 0 Å². The molecule has 1 aromatic heterocycles. The van der Waals surface area contributed by atoms with Crippen LogP contribution in [0.2, 0.25) is 5.02 Å². The van der Waals surface area contributed by atoms with E-state index in [9.17, 15) is 13.7 Å². The zero-order valence-electron chi connectivity index (χ0n) is 14.4. The van der Waals surface area contributed by atoms with Crippen LogP contribution in [-0.4, -0.2) is 25.6 Å². The third-order valence-electron chi connectivity index (χ3n) is 4.05. The van der Waals surface area contributed by atoms with Gasteiger partial charge in [-0.3, -0.25) is 5.32 Å². The first kappa shape index (κ1) is 19.2. The first-order valence-electron chi connectivity index (χ1n) is 7.65. The lowest BCUT2D eigenvalue weighted by Crippen LogP contribution is -2.32. The van der Waals surface area contributed by atoms with Crippen molar-refractivity contribution in [1.82, 2.24) is 10.3 Å². The lowest BCUT2D eigenvalue weighted by Gasteiger charge is -2.26. The molecular formula is C16H13ClN8O2S. The lowest BCUT2D eigenvalue weighted by molar-refractivity contribution is 0.602. The molecule has 0 saturated carbocycles. The van der Waals surface area contributed by atoms with Gasteiger partial charge in [0.1, 0.15) is 29.3 Å². The molecule has 0 saturated heterocycles. The predicted octanol–water partition coefficient (Wildman–Crippen LogP) is 1.12. The van der Waals surface area contributed by atoms with Crippen molar-refractivity contribution in [2.75, 3.05) is 23.0 Å². The van der Waals surface area contributed by atoms with Gasteiger partial charge >= 0.3 is 0 Å². The molecule has 1 atom stereocenters. The van der Waals surface area contributed by atoms with Crippen molar-refractivity contribution in [2.24, 2.45) is 4.99 Å². The van der Waals surface area contributed by atoms with Crippen LogP contribution in [0.15, 0.2) is 28.1 Å². The number of halogens is 1. The number of pyridine rings is 1. The number of fused-ring (bicyclic) bond motifs is 1. The van der Waals surface area contributed by atoms with E-state index < -0.39 is 15.9 Å². The van der Waals surface area contributed by atoms with Crippen molar-refractivity contribution in [3.8, 4) is 12.3 Å². The van der Waals surface area contributed by atoms with Crippen molar-refractivity contribution in [2.45, 2.75) is 10.9 Å². The molecule has 2 heterocycles. The van der Waals surface area contributed by atoms with E-state index in [1.807, 2.05) is 6.07 Å². The Bertz CT molecular complexity index is 1210. The Morgan fingerprint density at radius 3 is 2.61 bits per heavy atom. The molecule has 1 aliphatic heterocycles. The van der Waals surface area contributed by atoms with E-state index in [4.69, 9.17) is 28.3 Å². The average Bonchev–Trinajstić information content (AvgIpc) is 2.60. The Morgan fingerprint density at radius 2 is 2.04 bits per heavy atom. The van der Waals surface area contributed by atoms with E-state index in [2.05, 4.69) is 20.6 Å². The summed E-state index contributed by atoms with van der Waals surface area (Å²) in [6.45, 7) is 0. The minimum Gasteiger partial charge on any atom is -0.397 e. The number of nitrogens with zero attached hydrogens (tertiary/aromatic N) is 4. The molecule has 0 aliphatic carbocycles. The third-order valence-corrected chi connectivity index (χ3v) is 5.49. The Morgan fingerprint density at radius 1 is 1.32 bits per heavy atom. The second-order valence-corrected chi connectivity index (χ2v) is 8.28. The van der Waals surface area contributed by atoms with Gasteiger partial charge in [0.25, 0.3) is 0 Å². The number of sulfone groups is 1. The molecule has 1 aliphatic rings. The molecule has 6 N–H and O–H groups in total. The number of nitrogens with two attached hydrogens (primary N) is 2. The molecule has 10 nitrogen and oxygen atoms in total. The molecule has 0 spiro atoms. The van der Waals surface area contributed by atoms with Crippen molar-refractivity contribution < 1.29 is 8.42 Å². The summed E-state index contributed by atoms with van der Waals surface area (Å²) in [6.07, 6.45) is 2.80. The van der Waals surface area contributed by atoms with Gasteiger partial charge in [-0.2, -0.15) is 10.5 Å². The zero-order valence-corrected chi connectivity index (χ0v) is 15.9. The molecule has 28 heavy (non-hydrogen) atoms. The fourth-order valence-corrected chi connectivity index (χ4v) is 3.76. The summed E-state index contributed by atoms with van der Waals surface area (Å²) >= 11 is 6.33. The summed E-state index contributed by atoms with van der Waals surface area (Å²) in [6, 6.07) is 5.22. The van der Waals surface area contributed by atoms with Crippen molar-refractivity contribution in [1.29, 1.82) is 10.5 Å². The minimum atomic E-state index is -3.46. The van der Waals surface area contributed by atoms with E-state index in [-0.39, 0.29) is 38.8 Å². The monoisotopic (exact) mass is 416 g/mol. The first-order chi connectivity index (χ1) is 13.2. The Labute approximate surface area is 165 Å². The fourth-order valence-electron chi connectivity index (χ4n) is 2.77. The number of nitriles is 2. The van der Waals surface area contributed by atoms with Gasteiger partial charge in [0, 0.05) is 22.4 Å². The lowest BCUT2D eigenvalue weighted by atomic mass is 9.95. The SMILES string of the molecule is CS(=O)(=O)c1ccc(C2N=C(NC#N)Nc3nc(N)c(C#N)c(N)c32)c(Cl)c1. The smallest absolute Gasteiger partial charge is 0.211 e. The maximum Gasteiger partial charge on any atom is 0.211 e. The summed E-state index contributed by atoms with van der Waals surface area (Å²) in [5.41, 5.74) is 12.7. The zero-order chi connectivity index (χ0) is 20.6. The molecular weight excluding hydrogens is 404 g/mol. The van der Waals surface area contributed by atoms with Crippen LogP contribution in [0, 0.1) is 22.8 Å². The van der Waals surface area contributed by atoms with Gasteiger partial charge < -0.3 is 16.8 Å². The highest BCUT2D eigenvalue weighted by atomic mass is 35.5. The van der Waals surface area contributed by atoms with Crippen LogP contribution in [0.5, 0.6) is 0 Å². The Balaban J connectivity index is 2.26. The van der Waals surface area contributed by atoms with Crippen LogP contribution >= 0.6 is 11.6 Å². The van der Waals surface area contributed by atoms with Gasteiger partial charge in [-0.05, 0) is 12.1 Å². The number of anilines is 3. The van der Waals surface area contributed by atoms with Gasteiger partial charge in [0.15, 0.2) is 16.0 Å². The van der Waals surface area contributed by atoms with Crippen LogP contribution < -0.4 is 22.1 Å². The third kappa shape index (κ3) is 3.24. The summed E-state index contributed by atoms with van der Waals surface area (Å²) in [5, 5.41) is 23.5. The maximum absolute atomic E-state index is 11.8. The van der Waals surface area contributed by atoms with Gasteiger partial charge in [-0.1, -0.05) is 17.7 Å². The number of nitrogen functional groups attached to an aromatic ring is 2. The van der Waals surface area contributed by atoms with Gasteiger partial charge in [0.05, 0.1) is 10.6 Å². The normalized spacial score (nSPS) is 15.4. The van der Waals surface area contributed by atoms with E-state index >= 15 is 0 Å². The molecule has 1 unspecified atom stereocenters. The number of hydrogen-bond acceptors (Lipinski definition) is 10. The van der Waals surface area contributed by atoms with E-state index in [1.165, 1.54) is 18.2 Å². The summed E-state index contributed by atoms with van der Waals surface area (Å²) < 4.78 is 23.5. The van der Waals surface area contributed by atoms with E-state index in [0.717, 1.165) is 6.26 Å². The summed E-state index contributed by atoms with van der Waals surface area (Å²) in [5.74, 6) is 0.191. The molecule has 1 aromatic carbocycles. The molecule has 142 valence electrons. The summed E-state index contributed by atoms with van der Waals surface area (Å²) in [7, 11) is -3.46. The van der Waals surface area contributed by atoms with Gasteiger partial charge in [0.2, 0.25) is 5.96 Å². The van der Waals surface area contributed by atoms with Crippen LogP contribution in [0.4, 0.5) is 17.3 Å². The molecule has 3 rings (SSSR count). The number of rotatable bonds is 2. The molecule has 2 aromatic rings. The molecule has 12 heteroatoms. The highest BCUT2D eigenvalue weighted by Crippen LogP contribution is 2.42. The highest BCUT2D eigenvalue weighted by molar-refractivity contribution is 7.90. The predicted molar refractivity (Wildman–Crippen MR) is 104 cm³/mol. The molecule has 0 radical (unpaired) electrons. The highest BCUT2D eigenvalue weighted by Gasteiger charge is 2.31. The number of aliphatic imine (C=N–C) groups is 1. The van der Waals surface area contributed by atoms with E-state index in [0.29, 0.717) is 11.1 Å². The number of guanidine groups is 1. The molecule has 0 bridgehead atoms. The van der Waals surface area contributed by atoms with Gasteiger partial charge in [-0.25, -0.2) is 18.4 Å². The van der Waals surface area contributed by atoms with Crippen LogP contribution in [0.1, 0.15) is 22.7 Å². The Kier molecular flexibility index (Phi) is 4.73. The average molecular weight is 417 g/mol. The standard InChI is InChI=1S/C16H13ClN8O2S/c1-28(26,27)7-2-3-8(10(17)4-7)13-11-12(20)9(5-18)14(21)24-15(11)25-16(23-13)22-6-19/h2-4,13H,1H3,(H6,20,21,22,23,24,25). The quantitative estimate of drug-likeness (QED) is 0.411. The van der Waals surface area contributed by atoms with Gasteiger partial charge in [-0.15, -0.1) is 0 Å². The number of nitrogens with one attached hydrogen (secondary N) is 2. The minimum absolute atomic E-state index is 0.0127. The van der Waals surface area contributed by atoms with Crippen molar-refractivity contribution in [3.63, 3.8) is 0 Å². The summed E-state index contributed by atoms with van der Waals surface area (Å²) in [4.78, 5) is 8.54.